The van der Waals surface area contributed by atoms with Crippen LogP contribution in [-0.2, 0) is 0 Å². The molecule has 0 heterocycles. The van der Waals surface area contributed by atoms with Crippen LogP contribution in [0.4, 0.5) is 0 Å². The Morgan fingerprint density at radius 1 is 1.38 bits per heavy atom. The molecule has 16 heavy (non-hydrogen) atoms. The van der Waals surface area contributed by atoms with E-state index in [2.05, 4.69) is 52.4 Å². The van der Waals surface area contributed by atoms with Gasteiger partial charge >= 0.3 is 0 Å². The van der Waals surface area contributed by atoms with Gasteiger partial charge in [0.1, 0.15) is 0 Å². The Labute approximate surface area is 107 Å². The quantitative estimate of drug-likeness (QED) is 0.767. The summed E-state index contributed by atoms with van der Waals surface area (Å²) in [6.45, 7) is 3.37. The van der Waals surface area contributed by atoms with Crippen LogP contribution >= 0.6 is 15.9 Å². The third-order valence-electron chi connectivity index (χ3n) is 3.31. The van der Waals surface area contributed by atoms with Crippen molar-refractivity contribution in [3.63, 3.8) is 0 Å². The van der Waals surface area contributed by atoms with E-state index in [1.165, 1.54) is 35.7 Å². The van der Waals surface area contributed by atoms with Crippen molar-refractivity contribution >= 4 is 15.9 Å². The van der Waals surface area contributed by atoms with Crippen molar-refractivity contribution in [1.29, 1.82) is 0 Å². The van der Waals surface area contributed by atoms with E-state index < -0.39 is 0 Å². The van der Waals surface area contributed by atoms with Gasteiger partial charge in [-0.1, -0.05) is 47.0 Å². The standard InChI is InChI=1S/C14H20BrN/c1-11(13-6-2-3-7-14(13)15)16-10-4-5-12-8-9-12/h2-3,6-7,11-12,16H,4-5,8-10H2,1H3. The van der Waals surface area contributed by atoms with Gasteiger partial charge in [-0.2, -0.15) is 0 Å². The van der Waals surface area contributed by atoms with E-state index in [-0.39, 0.29) is 0 Å². The van der Waals surface area contributed by atoms with Crippen LogP contribution in [0, 0.1) is 5.92 Å². The molecule has 1 fully saturated rings. The number of benzene rings is 1. The molecular weight excluding hydrogens is 262 g/mol. The Balaban J connectivity index is 1.73. The molecule has 0 aromatic heterocycles. The maximum absolute atomic E-state index is 3.60. The monoisotopic (exact) mass is 281 g/mol. The average Bonchev–Trinajstić information content (AvgIpc) is 3.08. The van der Waals surface area contributed by atoms with Gasteiger partial charge in [-0.15, -0.1) is 0 Å². The van der Waals surface area contributed by atoms with Crippen LogP contribution < -0.4 is 5.32 Å². The molecule has 1 aliphatic carbocycles. The van der Waals surface area contributed by atoms with Crippen molar-refractivity contribution in [1.82, 2.24) is 5.32 Å². The fourth-order valence-corrected chi connectivity index (χ4v) is 2.68. The Bertz CT molecular complexity index is 333. The minimum Gasteiger partial charge on any atom is -0.310 e. The fourth-order valence-electron chi connectivity index (χ4n) is 2.05. The molecule has 0 spiro atoms. The molecule has 0 radical (unpaired) electrons. The van der Waals surface area contributed by atoms with Gasteiger partial charge in [-0.05, 0) is 43.9 Å². The van der Waals surface area contributed by atoms with Crippen molar-refractivity contribution in [3.8, 4) is 0 Å². The summed E-state index contributed by atoms with van der Waals surface area (Å²) < 4.78 is 1.21. The molecule has 1 aromatic rings. The molecule has 2 rings (SSSR count). The highest BCUT2D eigenvalue weighted by Gasteiger charge is 2.20. The normalized spacial score (nSPS) is 17.4. The predicted octanol–water partition coefficient (Wildman–Crippen LogP) is 4.29. The van der Waals surface area contributed by atoms with Gasteiger partial charge < -0.3 is 5.32 Å². The molecule has 2 heteroatoms. The van der Waals surface area contributed by atoms with Crippen LogP contribution in [0.15, 0.2) is 28.7 Å². The summed E-state index contributed by atoms with van der Waals surface area (Å²) >= 11 is 3.60. The molecule has 1 N–H and O–H groups in total. The van der Waals surface area contributed by atoms with Crippen LogP contribution in [0.25, 0.3) is 0 Å². The SMILES string of the molecule is CC(NCCCC1CC1)c1ccccc1Br. The van der Waals surface area contributed by atoms with Crippen molar-refractivity contribution in [2.45, 2.75) is 38.6 Å². The van der Waals surface area contributed by atoms with Gasteiger partial charge in [0, 0.05) is 10.5 Å². The summed E-state index contributed by atoms with van der Waals surface area (Å²) in [5, 5.41) is 3.59. The van der Waals surface area contributed by atoms with Gasteiger partial charge in [0.05, 0.1) is 0 Å². The zero-order valence-corrected chi connectivity index (χ0v) is 11.5. The van der Waals surface area contributed by atoms with Gasteiger partial charge in [-0.25, -0.2) is 0 Å². The lowest BCUT2D eigenvalue weighted by molar-refractivity contribution is 0.532. The molecule has 1 atom stereocenters. The van der Waals surface area contributed by atoms with Gasteiger partial charge in [-0.3, -0.25) is 0 Å². The lowest BCUT2D eigenvalue weighted by Crippen LogP contribution is -2.20. The highest BCUT2D eigenvalue weighted by atomic mass is 79.9. The van der Waals surface area contributed by atoms with E-state index in [1.807, 2.05) is 0 Å². The third kappa shape index (κ3) is 3.60. The summed E-state index contributed by atoms with van der Waals surface area (Å²) in [5.74, 6) is 1.06. The highest BCUT2D eigenvalue weighted by molar-refractivity contribution is 9.10. The summed E-state index contributed by atoms with van der Waals surface area (Å²) in [7, 11) is 0. The lowest BCUT2D eigenvalue weighted by atomic mass is 10.1. The Morgan fingerprint density at radius 2 is 2.12 bits per heavy atom. The molecule has 0 saturated heterocycles. The van der Waals surface area contributed by atoms with E-state index >= 15 is 0 Å². The number of halogens is 1. The van der Waals surface area contributed by atoms with Crippen LogP contribution in [-0.4, -0.2) is 6.54 Å². The second-order valence-corrected chi connectivity index (χ2v) is 5.64. The van der Waals surface area contributed by atoms with E-state index in [0.29, 0.717) is 6.04 Å². The van der Waals surface area contributed by atoms with Gasteiger partial charge in [0.2, 0.25) is 0 Å². The highest BCUT2D eigenvalue weighted by Crippen LogP contribution is 2.33. The summed E-state index contributed by atoms with van der Waals surface area (Å²) in [5.41, 5.74) is 1.36. The first kappa shape index (κ1) is 12.1. The first-order valence-corrected chi connectivity index (χ1v) is 7.04. The van der Waals surface area contributed by atoms with Crippen LogP contribution in [0.5, 0.6) is 0 Å². The largest absolute Gasteiger partial charge is 0.310 e. The molecule has 1 unspecified atom stereocenters. The summed E-state index contributed by atoms with van der Waals surface area (Å²) in [6.07, 6.45) is 5.68. The third-order valence-corrected chi connectivity index (χ3v) is 4.03. The molecule has 0 bridgehead atoms. The van der Waals surface area contributed by atoms with Crippen LogP contribution in [0.2, 0.25) is 0 Å². The molecule has 1 aromatic carbocycles. The van der Waals surface area contributed by atoms with E-state index in [0.717, 1.165) is 12.5 Å². The Hall–Kier alpha value is -0.340. The van der Waals surface area contributed by atoms with Crippen LogP contribution in [0.3, 0.4) is 0 Å². The molecule has 1 nitrogen and oxygen atoms in total. The van der Waals surface area contributed by atoms with E-state index in [9.17, 15) is 0 Å². The molecule has 88 valence electrons. The Kier molecular flexibility index (Phi) is 4.42. The maximum Gasteiger partial charge on any atom is 0.0302 e. The number of hydrogen-bond acceptors (Lipinski definition) is 1. The predicted molar refractivity (Wildman–Crippen MR) is 72.5 cm³/mol. The fraction of sp³-hybridized carbons (Fsp3) is 0.571. The zero-order chi connectivity index (χ0) is 11.4. The number of rotatable bonds is 6. The first-order valence-electron chi connectivity index (χ1n) is 6.25. The van der Waals surface area contributed by atoms with Crippen molar-refractivity contribution in [3.05, 3.63) is 34.3 Å². The first-order chi connectivity index (χ1) is 7.77. The average molecular weight is 282 g/mol. The van der Waals surface area contributed by atoms with Gasteiger partial charge in [0.15, 0.2) is 0 Å². The van der Waals surface area contributed by atoms with Crippen LogP contribution in [0.1, 0.15) is 44.2 Å². The second-order valence-electron chi connectivity index (χ2n) is 4.78. The molecule has 0 aliphatic heterocycles. The molecular formula is C14H20BrN. The number of nitrogens with one attached hydrogen (secondary N) is 1. The van der Waals surface area contributed by atoms with E-state index in [4.69, 9.17) is 0 Å². The minimum atomic E-state index is 0.440. The summed E-state index contributed by atoms with van der Waals surface area (Å²) in [4.78, 5) is 0. The molecule has 1 aliphatic rings. The second kappa shape index (κ2) is 5.83. The minimum absolute atomic E-state index is 0.440. The Morgan fingerprint density at radius 3 is 2.81 bits per heavy atom. The zero-order valence-electron chi connectivity index (χ0n) is 9.88. The van der Waals surface area contributed by atoms with Crippen molar-refractivity contribution in [2.75, 3.05) is 6.54 Å². The summed E-state index contributed by atoms with van der Waals surface area (Å²) in [6, 6.07) is 8.89. The molecule has 1 saturated carbocycles. The maximum atomic E-state index is 3.60. The number of hydrogen-bond donors (Lipinski definition) is 1. The topological polar surface area (TPSA) is 12.0 Å². The smallest absolute Gasteiger partial charge is 0.0302 e. The van der Waals surface area contributed by atoms with E-state index in [1.54, 1.807) is 0 Å². The van der Waals surface area contributed by atoms with Crippen molar-refractivity contribution < 1.29 is 0 Å². The molecule has 0 amide bonds. The van der Waals surface area contributed by atoms with Crippen molar-refractivity contribution in [2.24, 2.45) is 5.92 Å². The lowest BCUT2D eigenvalue weighted by Gasteiger charge is -2.15. The van der Waals surface area contributed by atoms with Gasteiger partial charge in [0.25, 0.3) is 0 Å².